The molecule has 24 heavy (non-hydrogen) atoms. The van der Waals surface area contributed by atoms with Crippen LogP contribution in [0.1, 0.15) is 43.9 Å². The molecule has 0 aliphatic carbocycles. The van der Waals surface area contributed by atoms with Crippen LogP contribution in [0.4, 0.5) is 0 Å². The summed E-state index contributed by atoms with van der Waals surface area (Å²) in [5.74, 6) is -0.196. The van der Waals surface area contributed by atoms with Gasteiger partial charge >= 0.3 is 0 Å². The van der Waals surface area contributed by atoms with Crippen LogP contribution in [-0.4, -0.2) is 32.1 Å². The SMILES string of the molecule is CCC1CCCCN1Cc1cc(=O)c(O)cn1Cc1ccncc1. The van der Waals surface area contributed by atoms with E-state index in [0.717, 1.165) is 30.8 Å². The normalized spacial score (nSPS) is 18.6. The van der Waals surface area contributed by atoms with E-state index in [9.17, 15) is 9.90 Å². The second kappa shape index (κ2) is 7.62. The van der Waals surface area contributed by atoms with Crippen molar-refractivity contribution in [2.75, 3.05) is 6.54 Å². The molecule has 1 fully saturated rings. The summed E-state index contributed by atoms with van der Waals surface area (Å²) in [5.41, 5.74) is 1.75. The monoisotopic (exact) mass is 327 g/mol. The lowest BCUT2D eigenvalue weighted by atomic mass is 10.00. The minimum atomic E-state index is -0.305. The van der Waals surface area contributed by atoms with Gasteiger partial charge in [0.15, 0.2) is 5.75 Å². The van der Waals surface area contributed by atoms with Gasteiger partial charge in [0.05, 0.1) is 6.20 Å². The fourth-order valence-corrected chi connectivity index (χ4v) is 3.51. The topological polar surface area (TPSA) is 58.4 Å². The average Bonchev–Trinajstić information content (AvgIpc) is 2.60. The molecule has 3 heterocycles. The van der Waals surface area contributed by atoms with Crippen molar-refractivity contribution in [2.45, 2.75) is 51.7 Å². The van der Waals surface area contributed by atoms with Gasteiger partial charge in [-0.25, -0.2) is 0 Å². The molecule has 2 aromatic rings. The molecule has 1 N–H and O–H groups in total. The van der Waals surface area contributed by atoms with E-state index in [1.807, 2.05) is 16.7 Å². The summed E-state index contributed by atoms with van der Waals surface area (Å²) in [7, 11) is 0. The summed E-state index contributed by atoms with van der Waals surface area (Å²) >= 11 is 0. The van der Waals surface area contributed by atoms with Crippen LogP contribution in [0.15, 0.2) is 41.6 Å². The van der Waals surface area contributed by atoms with Crippen LogP contribution >= 0.6 is 0 Å². The second-order valence-corrected chi connectivity index (χ2v) is 6.53. The van der Waals surface area contributed by atoms with Crippen LogP contribution in [0.5, 0.6) is 5.75 Å². The van der Waals surface area contributed by atoms with E-state index in [1.54, 1.807) is 24.7 Å². The van der Waals surface area contributed by atoms with E-state index < -0.39 is 0 Å². The fraction of sp³-hybridized carbons (Fsp3) is 0.474. The van der Waals surface area contributed by atoms with Crippen molar-refractivity contribution in [1.82, 2.24) is 14.5 Å². The Bertz CT molecular complexity index is 727. The molecule has 1 saturated heterocycles. The number of hydrogen-bond donors (Lipinski definition) is 1. The lowest BCUT2D eigenvalue weighted by Gasteiger charge is -2.35. The van der Waals surface area contributed by atoms with Crippen LogP contribution in [0.2, 0.25) is 0 Å². The second-order valence-electron chi connectivity index (χ2n) is 6.53. The van der Waals surface area contributed by atoms with Gasteiger partial charge in [-0.15, -0.1) is 0 Å². The van der Waals surface area contributed by atoms with E-state index >= 15 is 0 Å². The van der Waals surface area contributed by atoms with Gasteiger partial charge in [0, 0.05) is 43.3 Å². The van der Waals surface area contributed by atoms with Gasteiger partial charge in [0.2, 0.25) is 5.43 Å². The molecule has 1 aliphatic heterocycles. The standard InChI is InChI=1S/C19H25N3O2/c1-2-16-5-3-4-10-21(16)13-17-11-18(23)19(24)14-22(17)12-15-6-8-20-9-7-15/h6-9,11,14,16,24H,2-5,10,12-13H2,1H3. The van der Waals surface area contributed by atoms with Gasteiger partial charge in [-0.05, 0) is 43.5 Å². The third kappa shape index (κ3) is 3.85. The highest BCUT2D eigenvalue weighted by Crippen LogP contribution is 2.22. The summed E-state index contributed by atoms with van der Waals surface area (Å²) in [4.78, 5) is 18.5. The van der Waals surface area contributed by atoms with E-state index in [4.69, 9.17) is 0 Å². The summed E-state index contributed by atoms with van der Waals surface area (Å²) in [6, 6.07) is 6.07. The Kier molecular flexibility index (Phi) is 5.30. The van der Waals surface area contributed by atoms with Crippen LogP contribution in [0, 0.1) is 0 Å². The molecule has 3 rings (SSSR count). The highest BCUT2D eigenvalue weighted by molar-refractivity contribution is 5.22. The van der Waals surface area contributed by atoms with E-state index in [1.165, 1.54) is 19.3 Å². The van der Waals surface area contributed by atoms with Crippen molar-refractivity contribution in [1.29, 1.82) is 0 Å². The number of nitrogens with zero attached hydrogens (tertiary/aromatic N) is 3. The molecule has 0 spiro atoms. The minimum absolute atomic E-state index is 0.196. The van der Waals surface area contributed by atoms with Gasteiger partial charge in [-0.2, -0.15) is 0 Å². The van der Waals surface area contributed by atoms with Crippen LogP contribution in [-0.2, 0) is 13.1 Å². The number of aromatic nitrogens is 2. The van der Waals surface area contributed by atoms with Gasteiger partial charge in [-0.1, -0.05) is 13.3 Å². The predicted octanol–water partition coefficient (Wildman–Crippen LogP) is 2.76. The molecule has 2 aromatic heterocycles. The predicted molar refractivity (Wildman–Crippen MR) is 94.0 cm³/mol. The third-order valence-electron chi connectivity index (χ3n) is 4.88. The van der Waals surface area contributed by atoms with E-state index in [2.05, 4.69) is 16.8 Å². The number of aromatic hydroxyl groups is 1. The Balaban J connectivity index is 1.88. The minimum Gasteiger partial charge on any atom is -0.503 e. The van der Waals surface area contributed by atoms with Gasteiger partial charge in [0.25, 0.3) is 0 Å². The average molecular weight is 327 g/mol. The molecular formula is C19H25N3O2. The zero-order chi connectivity index (χ0) is 16.9. The number of likely N-dealkylation sites (tertiary alicyclic amines) is 1. The molecule has 0 radical (unpaired) electrons. The fourth-order valence-electron chi connectivity index (χ4n) is 3.51. The van der Waals surface area contributed by atoms with Crippen molar-refractivity contribution in [3.05, 3.63) is 58.3 Å². The van der Waals surface area contributed by atoms with Crippen LogP contribution < -0.4 is 5.43 Å². The van der Waals surface area contributed by atoms with Gasteiger partial charge < -0.3 is 9.67 Å². The highest BCUT2D eigenvalue weighted by Gasteiger charge is 2.22. The molecular weight excluding hydrogens is 302 g/mol. The molecule has 0 bridgehead atoms. The Morgan fingerprint density at radius 1 is 1.25 bits per heavy atom. The van der Waals surface area contributed by atoms with Crippen molar-refractivity contribution in [3.8, 4) is 5.75 Å². The van der Waals surface area contributed by atoms with Crippen LogP contribution in [0.25, 0.3) is 0 Å². The van der Waals surface area contributed by atoms with Crippen LogP contribution in [0.3, 0.4) is 0 Å². The maximum Gasteiger partial charge on any atom is 0.223 e. The summed E-state index contributed by atoms with van der Waals surface area (Å²) in [6.45, 7) is 4.67. The van der Waals surface area contributed by atoms with Crippen molar-refractivity contribution in [2.24, 2.45) is 0 Å². The molecule has 5 nitrogen and oxygen atoms in total. The lowest BCUT2D eigenvalue weighted by molar-refractivity contribution is 0.132. The molecule has 0 aromatic carbocycles. The van der Waals surface area contributed by atoms with Crippen molar-refractivity contribution >= 4 is 0 Å². The van der Waals surface area contributed by atoms with Crippen molar-refractivity contribution < 1.29 is 5.11 Å². The molecule has 128 valence electrons. The zero-order valence-electron chi connectivity index (χ0n) is 14.2. The first kappa shape index (κ1) is 16.7. The number of pyridine rings is 2. The highest BCUT2D eigenvalue weighted by atomic mass is 16.3. The smallest absolute Gasteiger partial charge is 0.223 e. The number of piperidine rings is 1. The maximum atomic E-state index is 11.9. The molecule has 1 atom stereocenters. The summed E-state index contributed by atoms with van der Waals surface area (Å²) < 4.78 is 1.98. The zero-order valence-corrected chi connectivity index (χ0v) is 14.2. The Morgan fingerprint density at radius 3 is 2.79 bits per heavy atom. The quantitative estimate of drug-likeness (QED) is 0.917. The lowest BCUT2D eigenvalue weighted by Crippen LogP contribution is -2.39. The van der Waals surface area contributed by atoms with E-state index in [-0.39, 0.29) is 11.2 Å². The maximum absolute atomic E-state index is 11.9. The molecule has 1 unspecified atom stereocenters. The Morgan fingerprint density at radius 2 is 2.04 bits per heavy atom. The first-order valence-electron chi connectivity index (χ1n) is 8.72. The third-order valence-corrected chi connectivity index (χ3v) is 4.88. The van der Waals surface area contributed by atoms with Gasteiger partial charge in [0.1, 0.15) is 0 Å². The largest absolute Gasteiger partial charge is 0.503 e. The Hall–Kier alpha value is -2.14. The van der Waals surface area contributed by atoms with E-state index in [0.29, 0.717) is 12.6 Å². The number of rotatable bonds is 5. The summed E-state index contributed by atoms with van der Waals surface area (Å²) in [5, 5.41) is 9.85. The molecule has 0 saturated carbocycles. The first-order valence-corrected chi connectivity index (χ1v) is 8.72. The van der Waals surface area contributed by atoms with Crippen molar-refractivity contribution in [3.63, 3.8) is 0 Å². The molecule has 5 heteroatoms. The number of hydrogen-bond acceptors (Lipinski definition) is 4. The summed E-state index contributed by atoms with van der Waals surface area (Å²) in [6.07, 6.45) is 9.93. The first-order chi connectivity index (χ1) is 11.7. The molecule has 1 aliphatic rings. The molecule has 0 amide bonds. The van der Waals surface area contributed by atoms with Gasteiger partial charge in [-0.3, -0.25) is 14.7 Å². The Labute approximate surface area is 142 Å².